The molecule has 4 heteroatoms. The van der Waals surface area contributed by atoms with Crippen molar-refractivity contribution in [2.24, 2.45) is 0 Å². The molecule has 0 saturated heterocycles. The van der Waals surface area contributed by atoms with Gasteiger partial charge in [-0.15, -0.1) is 0 Å². The summed E-state index contributed by atoms with van der Waals surface area (Å²) in [6.45, 7) is 9.73. The van der Waals surface area contributed by atoms with Crippen molar-refractivity contribution >= 4 is 11.6 Å². The predicted octanol–water partition coefficient (Wildman–Crippen LogP) is 3.21. The standard InChI is InChI=1S/C16H23N3O/c1-5-9-18(10-6-2)16(20)15-13(4)17-14-8-7-12(3)11-19(14)15/h7-8,11H,5-6,9-10H2,1-4H3. The Balaban J connectivity index is 2.47. The number of aromatic nitrogens is 2. The average Bonchev–Trinajstić information content (AvgIpc) is 2.73. The monoisotopic (exact) mass is 273 g/mol. The minimum atomic E-state index is 0.0873. The van der Waals surface area contributed by atoms with Crippen LogP contribution in [0.2, 0.25) is 0 Å². The summed E-state index contributed by atoms with van der Waals surface area (Å²) in [4.78, 5) is 19.2. The molecule has 0 aromatic carbocycles. The number of rotatable bonds is 5. The number of carbonyl (C=O) groups excluding carboxylic acids is 1. The highest BCUT2D eigenvalue weighted by Gasteiger charge is 2.21. The molecule has 0 unspecified atom stereocenters. The van der Waals surface area contributed by atoms with Gasteiger partial charge in [0.2, 0.25) is 0 Å². The van der Waals surface area contributed by atoms with Crippen LogP contribution in [-0.2, 0) is 0 Å². The van der Waals surface area contributed by atoms with Crippen LogP contribution in [0, 0.1) is 13.8 Å². The summed E-state index contributed by atoms with van der Waals surface area (Å²) in [6, 6.07) is 3.98. The van der Waals surface area contributed by atoms with E-state index in [1.807, 2.05) is 41.5 Å². The molecule has 0 aliphatic carbocycles. The van der Waals surface area contributed by atoms with E-state index in [-0.39, 0.29) is 5.91 Å². The van der Waals surface area contributed by atoms with Crippen molar-refractivity contribution < 1.29 is 4.79 Å². The highest BCUT2D eigenvalue weighted by Crippen LogP contribution is 2.16. The van der Waals surface area contributed by atoms with Crippen molar-refractivity contribution in [2.75, 3.05) is 13.1 Å². The van der Waals surface area contributed by atoms with E-state index < -0.39 is 0 Å². The molecule has 0 bridgehead atoms. The third kappa shape index (κ3) is 2.69. The zero-order valence-electron chi connectivity index (χ0n) is 12.8. The molecule has 2 aromatic rings. The van der Waals surface area contributed by atoms with Gasteiger partial charge in [0.1, 0.15) is 11.3 Å². The first-order valence-corrected chi connectivity index (χ1v) is 7.33. The Morgan fingerprint density at radius 3 is 2.45 bits per heavy atom. The second-order valence-corrected chi connectivity index (χ2v) is 5.27. The zero-order chi connectivity index (χ0) is 14.7. The minimum Gasteiger partial charge on any atom is -0.337 e. The molecule has 0 atom stereocenters. The smallest absolute Gasteiger partial charge is 0.272 e. The van der Waals surface area contributed by atoms with Gasteiger partial charge in [-0.2, -0.15) is 0 Å². The summed E-state index contributed by atoms with van der Waals surface area (Å²) in [5.41, 5.74) is 3.47. The van der Waals surface area contributed by atoms with Crippen LogP contribution >= 0.6 is 0 Å². The van der Waals surface area contributed by atoms with E-state index in [9.17, 15) is 4.79 Å². The molecule has 0 aliphatic rings. The Morgan fingerprint density at radius 2 is 1.85 bits per heavy atom. The van der Waals surface area contributed by atoms with E-state index >= 15 is 0 Å². The van der Waals surface area contributed by atoms with Crippen molar-refractivity contribution in [3.63, 3.8) is 0 Å². The summed E-state index contributed by atoms with van der Waals surface area (Å²) in [7, 11) is 0. The summed E-state index contributed by atoms with van der Waals surface area (Å²) in [5, 5.41) is 0. The maximum absolute atomic E-state index is 12.8. The SMILES string of the molecule is CCCN(CCC)C(=O)c1c(C)nc2ccc(C)cn12. The molecular formula is C16H23N3O. The Morgan fingerprint density at radius 1 is 1.20 bits per heavy atom. The molecule has 20 heavy (non-hydrogen) atoms. The number of hydrogen-bond acceptors (Lipinski definition) is 2. The summed E-state index contributed by atoms with van der Waals surface area (Å²) >= 11 is 0. The third-order valence-corrected chi connectivity index (χ3v) is 3.42. The quantitative estimate of drug-likeness (QED) is 0.839. The van der Waals surface area contributed by atoms with Crippen molar-refractivity contribution in [1.82, 2.24) is 14.3 Å². The topological polar surface area (TPSA) is 37.6 Å². The molecule has 2 rings (SSSR count). The summed E-state index contributed by atoms with van der Waals surface area (Å²) < 4.78 is 1.92. The van der Waals surface area contributed by atoms with Crippen LogP contribution in [-0.4, -0.2) is 33.3 Å². The van der Waals surface area contributed by atoms with E-state index in [0.717, 1.165) is 42.8 Å². The van der Waals surface area contributed by atoms with Gasteiger partial charge in [-0.25, -0.2) is 4.98 Å². The number of aryl methyl sites for hydroxylation is 2. The maximum Gasteiger partial charge on any atom is 0.272 e. The van der Waals surface area contributed by atoms with Crippen LogP contribution in [0.5, 0.6) is 0 Å². The van der Waals surface area contributed by atoms with Crippen molar-refractivity contribution in [2.45, 2.75) is 40.5 Å². The van der Waals surface area contributed by atoms with Gasteiger partial charge in [-0.3, -0.25) is 9.20 Å². The molecular weight excluding hydrogens is 250 g/mol. The van der Waals surface area contributed by atoms with Gasteiger partial charge in [-0.05, 0) is 38.3 Å². The Hall–Kier alpha value is -1.84. The van der Waals surface area contributed by atoms with E-state index in [4.69, 9.17) is 0 Å². The fourth-order valence-corrected chi connectivity index (χ4v) is 2.53. The van der Waals surface area contributed by atoms with Crippen LogP contribution in [0.25, 0.3) is 5.65 Å². The first-order chi connectivity index (χ1) is 9.58. The largest absolute Gasteiger partial charge is 0.337 e. The second-order valence-electron chi connectivity index (χ2n) is 5.27. The van der Waals surface area contributed by atoms with Crippen LogP contribution in [0.15, 0.2) is 18.3 Å². The van der Waals surface area contributed by atoms with Crippen LogP contribution in [0.4, 0.5) is 0 Å². The van der Waals surface area contributed by atoms with E-state index in [2.05, 4.69) is 18.8 Å². The van der Waals surface area contributed by atoms with E-state index in [1.54, 1.807) is 0 Å². The fourth-order valence-electron chi connectivity index (χ4n) is 2.53. The van der Waals surface area contributed by atoms with Gasteiger partial charge < -0.3 is 4.90 Å². The number of hydrogen-bond donors (Lipinski definition) is 0. The molecule has 0 saturated carbocycles. The third-order valence-electron chi connectivity index (χ3n) is 3.42. The lowest BCUT2D eigenvalue weighted by molar-refractivity contribution is 0.0748. The number of nitrogens with zero attached hydrogens (tertiary/aromatic N) is 3. The Bertz CT molecular complexity index is 609. The maximum atomic E-state index is 12.8. The summed E-state index contributed by atoms with van der Waals surface area (Å²) in [6.07, 6.45) is 3.93. The van der Waals surface area contributed by atoms with Gasteiger partial charge >= 0.3 is 0 Å². The number of pyridine rings is 1. The first-order valence-electron chi connectivity index (χ1n) is 7.33. The summed E-state index contributed by atoms with van der Waals surface area (Å²) in [5.74, 6) is 0.0873. The fraction of sp³-hybridized carbons (Fsp3) is 0.500. The zero-order valence-corrected chi connectivity index (χ0v) is 12.8. The van der Waals surface area contributed by atoms with Crippen molar-refractivity contribution in [1.29, 1.82) is 0 Å². The average molecular weight is 273 g/mol. The molecule has 0 aliphatic heterocycles. The van der Waals surface area contributed by atoms with Gasteiger partial charge in [0, 0.05) is 19.3 Å². The normalized spacial score (nSPS) is 11.0. The molecule has 0 radical (unpaired) electrons. The van der Waals surface area contributed by atoms with Gasteiger partial charge in [0.15, 0.2) is 0 Å². The number of amides is 1. The first kappa shape index (κ1) is 14.6. The lowest BCUT2D eigenvalue weighted by atomic mass is 10.2. The van der Waals surface area contributed by atoms with E-state index in [0.29, 0.717) is 5.69 Å². The van der Waals surface area contributed by atoms with Crippen LogP contribution < -0.4 is 0 Å². The molecule has 2 aromatic heterocycles. The molecule has 0 N–H and O–H groups in total. The Kier molecular flexibility index (Phi) is 4.42. The van der Waals surface area contributed by atoms with Gasteiger partial charge in [0.25, 0.3) is 5.91 Å². The highest BCUT2D eigenvalue weighted by atomic mass is 16.2. The second kappa shape index (κ2) is 6.07. The Labute approximate surface area is 120 Å². The van der Waals surface area contributed by atoms with Gasteiger partial charge in [-0.1, -0.05) is 19.9 Å². The molecule has 0 spiro atoms. The molecule has 1 amide bonds. The number of fused-ring (bicyclic) bond motifs is 1. The molecule has 4 nitrogen and oxygen atoms in total. The minimum absolute atomic E-state index is 0.0873. The lowest BCUT2D eigenvalue weighted by Gasteiger charge is -2.21. The van der Waals surface area contributed by atoms with E-state index in [1.165, 1.54) is 0 Å². The molecule has 108 valence electrons. The highest BCUT2D eigenvalue weighted by molar-refractivity contribution is 5.94. The van der Waals surface area contributed by atoms with Crippen LogP contribution in [0.1, 0.15) is 48.4 Å². The van der Waals surface area contributed by atoms with Gasteiger partial charge in [0.05, 0.1) is 5.69 Å². The van der Waals surface area contributed by atoms with Crippen molar-refractivity contribution in [3.05, 3.63) is 35.3 Å². The van der Waals surface area contributed by atoms with Crippen molar-refractivity contribution in [3.8, 4) is 0 Å². The van der Waals surface area contributed by atoms with Crippen LogP contribution in [0.3, 0.4) is 0 Å². The molecule has 2 heterocycles. The predicted molar refractivity (Wildman–Crippen MR) is 81.2 cm³/mol. The lowest BCUT2D eigenvalue weighted by Crippen LogP contribution is -2.33. The molecule has 0 fully saturated rings. The number of imidazole rings is 1. The number of carbonyl (C=O) groups is 1.